The van der Waals surface area contributed by atoms with Gasteiger partial charge in [0.05, 0.1) is 11.9 Å². The summed E-state index contributed by atoms with van der Waals surface area (Å²) in [6.45, 7) is 3.76. The Morgan fingerprint density at radius 1 is 1.27 bits per heavy atom. The third-order valence-corrected chi connectivity index (χ3v) is 3.99. The van der Waals surface area contributed by atoms with Crippen molar-refractivity contribution in [2.45, 2.75) is 32.1 Å². The molecular formula is C16H26N4OS. The Balaban J connectivity index is 1.79. The molecule has 1 aliphatic heterocycles. The summed E-state index contributed by atoms with van der Waals surface area (Å²) in [6, 6.07) is 4.11. The molecule has 6 heteroatoms. The average molecular weight is 322 g/mol. The Hall–Kier alpha value is -1.40. The first-order valence-electron chi connectivity index (χ1n) is 8.04. The summed E-state index contributed by atoms with van der Waals surface area (Å²) < 4.78 is 5.00. The van der Waals surface area contributed by atoms with E-state index in [1.54, 1.807) is 7.11 Å². The molecule has 0 atom stereocenters. The van der Waals surface area contributed by atoms with E-state index in [0.717, 1.165) is 44.2 Å². The molecule has 0 spiro atoms. The van der Waals surface area contributed by atoms with Gasteiger partial charge < -0.3 is 20.3 Å². The fraction of sp³-hybridized carbons (Fsp3) is 0.625. The SMILES string of the molecule is COCCCNC(=S)Nc1ccc(N2CCCCCC2)nc1. The Morgan fingerprint density at radius 3 is 2.68 bits per heavy atom. The van der Waals surface area contributed by atoms with E-state index in [9.17, 15) is 0 Å². The number of rotatable bonds is 6. The number of hydrogen-bond donors (Lipinski definition) is 2. The van der Waals surface area contributed by atoms with Crippen LogP contribution in [0.4, 0.5) is 11.5 Å². The molecule has 122 valence electrons. The van der Waals surface area contributed by atoms with Gasteiger partial charge in [0.15, 0.2) is 5.11 Å². The summed E-state index contributed by atoms with van der Waals surface area (Å²) >= 11 is 5.26. The standard InChI is InChI=1S/C16H26N4OS/c1-21-12-6-9-17-16(22)19-14-7-8-15(18-13-14)20-10-4-2-3-5-11-20/h7-8,13H,2-6,9-12H2,1H3,(H2,17,19,22). The molecule has 1 aromatic heterocycles. The molecule has 0 aromatic carbocycles. The number of pyridine rings is 1. The number of ether oxygens (including phenoxy) is 1. The van der Waals surface area contributed by atoms with Crippen LogP contribution in [0.2, 0.25) is 0 Å². The van der Waals surface area contributed by atoms with E-state index in [0.29, 0.717) is 5.11 Å². The highest BCUT2D eigenvalue weighted by molar-refractivity contribution is 7.80. The van der Waals surface area contributed by atoms with E-state index in [-0.39, 0.29) is 0 Å². The lowest BCUT2D eigenvalue weighted by Gasteiger charge is -2.21. The molecule has 5 nitrogen and oxygen atoms in total. The minimum absolute atomic E-state index is 0.625. The van der Waals surface area contributed by atoms with Crippen molar-refractivity contribution < 1.29 is 4.74 Å². The van der Waals surface area contributed by atoms with Crippen molar-refractivity contribution in [3.05, 3.63) is 18.3 Å². The van der Waals surface area contributed by atoms with Gasteiger partial charge in [-0.1, -0.05) is 12.8 Å². The maximum atomic E-state index is 5.26. The molecule has 2 heterocycles. The number of aromatic nitrogens is 1. The molecule has 0 bridgehead atoms. The zero-order chi connectivity index (χ0) is 15.6. The Kier molecular flexibility index (Phi) is 7.39. The van der Waals surface area contributed by atoms with Crippen molar-refractivity contribution in [3.8, 4) is 0 Å². The fourth-order valence-electron chi connectivity index (χ4n) is 2.54. The van der Waals surface area contributed by atoms with Crippen LogP contribution in [0.3, 0.4) is 0 Å². The summed E-state index contributed by atoms with van der Waals surface area (Å²) in [5, 5.41) is 6.94. The molecule has 1 aromatic rings. The largest absolute Gasteiger partial charge is 0.385 e. The minimum atomic E-state index is 0.625. The summed E-state index contributed by atoms with van der Waals surface area (Å²) in [5.74, 6) is 1.06. The maximum absolute atomic E-state index is 5.26. The number of hydrogen-bond acceptors (Lipinski definition) is 4. The molecule has 0 aliphatic carbocycles. The maximum Gasteiger partial charge on any atom is 0.170 e. The molecule has 2 N–H and O–H groups in total. The van der Waals surface area contributed by atoms with Crippen molar-refractivity contribution in [3.63, 3.8) is 0 Å². The van der Waals surface area contributed by atoms with Gasteiger partial charge >= 0.3 is 0 Å². The minimum Gasteiger partial charge on any atom is -0.385 e. The predicted octanol–water partition coefficient (Wildman–Crippen LogP) is 2.78. The van der Waals surface area contributed by atoms with Crippen molar-refractivity contribution >= 4 is 28.8 Å². The third kappa shape index (κ3) is 5.77. The van der Waals surface area contributed by atoms with Gasteiger partial charge in [-0.15, -0.1) is 0 Å². The average Bonchev–Trinajstić information content (AvgIpc) is 2.82. The van der Waals surface area contributed by atoms with Gasteiger partial charge in [-0.2, -0.15) is 0 Å². The lowest BCUT2D eigenvalue weighted by Crippen LogP contribution is -2.30. The number of nitrogens with one attached hydrogen (secondary N) is 2. The molecule has 0 saturated carbocycles. The zero-order valence-electron chi connectivity index (χ0n) is 13.3. The Labute approximate surface area is 138 Å². The first kappa shape index (κ1) is 17.0. The van der Waals surface area contributed by atoms with E-state index in [2.05, 4.69) is 26.6 Å². The van der Waals surface area contributed by atoms with Crippen LogP contribution >= 0.6 is 12.2 Å². The van der Waals surface area contributed by atoms with E-state index < -0.39 is 0 Å². The number of methoxy groups -OCH3 is 1. The van der Waals surface area contributed by atoms with E-state index in [1.165, 1.54) is 25.7 Å². The van der Waals surface area contributed by atoms with Crippen LogP contribution < -0.4 is 15.5 Å². The van der Waals surface area contributed by atoms with Crippen molar-refractivity contribution in [1.29, 1.82) is 0 Å². The molecule has 0 unspecified atom stereocenters. The van der Waals surface area contributed by atoms with Gasteiger partial charge in [0, 0.05) is 33.4 Å². The van der Waals surface area contributed by atoms with Crippen LogP contribution in [0.1, 0.15) is 32.1 Å². The molecule has 22 heavy (non-hydrogen) atoms. The van der Waals surface area contributed by atoms with Crippen LogP contribution in [0.15, 0.2) is 18.3 Å². The van der Waals surface area contributed by atoms with Gasteiger partial charge in [0.2, 0.25) is 0 Å². The topological polar surface area (TPSA) is 49.4 Å². The third-order valence-electron chi connectivity index (χ3n) is 3.75. The highest BCUT2D eigenvalue weighted by Gasteiger charge is 2.10. The van der Waals surface area contributed by atoms with Crippen LogP contribution in [-0.2, 0) is 4.74 Å². The van der Waals surface area contributed by atoms with Gasteiger partial charge in [-0.3, -0.25) is 0 Å². The van der Waals surface area contributed by atoms with Crippen molar-refractivity contribution in [2.75, 3.05) is 43.6 Å². The van der Waals surface area contributed by atoms with Crippen LogP contribution in [-0.4, -0.2) is 43.4 Å². The van der Waals surface area contributed by atoms with E-state index >= 15 is 0 Å². The monoisotopic (exact) mass is 322 g/mol. The molecule has 1 saturated heterocycles. The predicted molar refractivity (Wildman–Crippen MR) is 95.6 cm³/mol. The summed E-state index contributed by atoms with van der Waals surface area (Å²) in [4.78, 5) is 6.94. The highest BCUT2D eigenvalue weighted by atomic mass is 32.1. The highest BCUT2D eigenvalue weighted by Crippen LogP contribution is 2.18. The first-order chi connectivity index (χ1) is 10.8. The fourth-order valence-corrected chi connectivity index (χ4v) is 2.76. The molecular weight excluding hydrogens is 296 g/mol. The quantitative estimate of drug-likeness (QED) is 0.620. The number of nitrogens with zero attached hydrogens (tertiary/aromatic N) is 2. The molecule has 0 radical (unpaired) electrons. The van der Waals surface area contributed by atoms with Crippen LogP contribution in [0, 0.1) is 0 Å². The first-order valence-corrected chi connectivity index (χ1v) is 8.45. The van der Waals surface area contributed by atoms with Gasteiger partial charge in [0.1, 0.15) is 5.82 Å². The molecule has 2 rings (SSSR count). The second-order valence-corrected chi connectivity index (χ2v) is 5.94. The lowest BCUT2D eigenvalue weighted by atomic mass is 10.2. The smallest absolute Gasteiger partial charge is 0.170 e. The van der Waals surface area contributed by atoms with Crippen molar-refractivity contribution in [2.24, 2.45) is 0 Å². The second-order valence-electron chi connectivity index (χ2n) is 5.53. The van der Waals surface area contributed by atoms with Gasteiger partial charge in [-0.25, -0.2) is 4.98 Å². The van der Waals surface area contributed by atoms with Crippen molar-refractivity contribution in [1.82, 2.24) is 10.3 Å². The summed E-state index contributed by atoms with van der Waals surface area (Å²) in [5.41, 5.74) is 0.919. The number of thiocarbonyl (C=S) groups is 1. The zero-order valence-corrected chi connectivity index (χ0v) is 14.1. The van der Waals surface area contributed by atoms with Crippen LogP contribution in [0.5, 0.6) is 0 Å². The summed E-state index contributed by atoms with van der Waals surface area (Å²) in [7, 11) is 1.70. The van der Waals surface area contributed by atoms with E-state index in [1.807, 2.05) is 12.3 Å². The van der Waals surface area contributed by atoms with Gasteiger partial charge in [-0.05, 0) is 43.6 Å². The molecule has 1 aliphatic rings. The van der Waals surface area contributed by atoms with E-state index in [4.69, 9.17) is 17.0 Å². The molecule has 1 fully saturated rings. The normalized spacial score (nSPS) is 15.2. The Bertz CT molecular complexity index is 444. The Morgan fingerprint density at radius 2 is 2.05 bits per heavy atom. The second kappa shape index (κ2) is 9.58. The molecule has 0 amide bonds. The number of anilines is 2. The lowest BCUT2D eigenvalue weighted by molar-refractivity contribution is 0.196. The summed E-state index contributed by atoms with van der Waals surface area (Å²) in [6.07, 6.45) is 7.97. The van der Waals surface area contributed by atoms with Crippen LogP contribution in [0.25, 0.3) is 0 Å². The van der Waals surface area contributed by atoms with Gasteiger partial charge in [0.25, 0.3) is 0 Å².